The van der Waals surface area contributed by atoms with Crippen LogP contribution < -0.4 is 0 Å². The third-order valence-electron chi connectivity index (χ3n) is 8.99. The molecule has 0 aromatic carbocycles. The topological polar surface area (TPSA) is 54.4 Å². The summed E-state index contributed by atoms with van der Waals surface area (Å²) in [5, 5.41) is 10.7. The molecule has 0 bridgehead atoms. The lowest BCUT2D eigenvalue weighted by atomic mass is 9.40. The van der Waals surface area contributed by atoms with Gasteiger partial charge >= 0.3 is 0 Å². The molecule has 0 heterocycles. The Kier molecular flexibility index (Phi) is 4.10. The minimum atomic E-state index is -0.277. The van der Waals surface area contributed by atoms with Crippen LogP contribution in [0, 0.1) is 40.4 Å². The number of carbonyl (C=O) groups excluding carboxylic acids is 2. The summed E-state index contributed by atoms with van der Waals surface area (Å²) in [4.78, 5) is 25.0. The number of carbonyl (C=O) groups is 2. The number of Topliss-reactive ketones (excluding diaryl/α,β-unsaturated/α-hetero) is 2. The first kappa shape index (κ1) is 18.2. The third-order valence-corrected chi connectivity index (χ3v) is 10.3. The highest BCUT2D eigenvalue weighted by Gasteiger charge is 2.69. The van der Waals surface area contributed by atoms with E-state index in [4.69, 9.17) is 0 Å². The summed E-state index contributed by atoms with van der Waals surface area (Å²) in [5.41, 5.74) is -0.378. The fraction of sp³-hybridized carbons (Fsp3) is 0.905. The van der Waals surface area contributed by atoms with Crippen molar-refractivity contribution in [3.63, 3.8) is 0 Å². The van der Waals surface area contributed by atoms with Crippen molar-refractivity contribution in [2.75, 3.05) is 6.61 Å². The predicted octanol–water partition coefficient (Wildman–Crippen LogP) is 4.15. The predicted molar refractivity (Wildman–Crippen MR) is 100 cm³/mol. The number of fused-ring (bicyclic) bond motifs is 5. The van der Waals surface area contributed by atoms with Crippen LogP contribution in [0.25, 0.3) is 0 Å². The Balaban J connectivity index is 1.81. The molecule has 4 heteroatoms. The summed E-state index contributed by atoms with van der Waals surface area (Å²) in [7, 11) is 0. The maximum atomic E-state index is 12.6. The molecule has 0 spiro atoms. The van der Waals surface area contributed by atoms with Crippen molar-refractivity contribution >= 4 is 27.5 Å². The molecule has 0 unspecified atom stereocenters. The maximum Gasteiger partial charge on any atom is 0.139 e. The Bertz CT molecular complexity index is 618. The van der Waals surface area contributed by atoms with Crippen LogP contribution in [-0.4, -0.2) is 27.6 Å². The first-order chi connectivity index (χ1) is 11.7. The summed E-state index contributed by atoms with van der Waals surface area (Å²) in [6.45, 7) is 6.84. The number of aliphatic hydroxyl groups is 1. The number of alkyl halides is 1. The third kappa shape index (κ3) is 2.13. The van der Waals surface area contributed by atoms with E-state index in [0.29, 0.717) is 48.1 Å². The molecular weight excluding hydrogens is 380 g/mol. The molecule has 4 rings (SSSR count). The Morgan fingerprint density at radius 1 is 1.20 bits per heavy atom. The van der Waals surface area contributed by atoms with Crippen LogP contribution in [0.15, 0.2) is 0 Å². The second-order valence-electron chi connectivity index (χ2n) is 9.87. The SMILES string of the molecule is C[C@@H]1C[C@@]2(Br)CC(=O)C[C@@H](C)[C@]2(CO)[C@H]2CC[C@]3(C)C(=O)CC[C@H]3[C@H]12. The Hall–Kier alpha value is -0.220. The molecule has 25 heavy (non-hydrogen) atoms. The quantitative estimate of drug-likeness (QED) is 0.660. The second-order valence-corrected chi connectivity index (χ2v) is 11.4. The summed E-state index contributed by atoms with van der Waals surface area (Å²) in [5.74, 6) is 2.84. The van der Waals surface area contributed by atoms with Crippen molar-refractivity contribution in [2.45, 2.75) is 70.0 Å². The van der Waals surface area contributed by atoms with E-state index in [1.165, 1.54) is 0 Å². The Morgan fingerprint density at radius 2 is 1.92 bits per heavy atom. The van der Waals surface area contributed by atoms with Gasteiger partial charge in [-0.05, 0) is 55.3 Å². The van der Waals surface area contributed by atoms with Gasteiger partial charge < -0.3 is 5.11 Å². The van der Waals surface area contributed by atoms with Crippen molar-refractivity contribution in [1.82, 2.24) is 0 Å². The molecule has 0 radical (unpaired) electrons. The van der Waals surface area contributed by atoms with Gasteiger partial charge in [-0.15, -0.1) is 0 Å². The Morgan fingerprint density at radius 3 is 2.60 bits per heavy atom. The lowest BCUT2D eigenvalue weighted by Gasteiger charge is -2.67. The van der Waals surface area contributed by atoms with Crippen molar-refractivity contribution in [2.24, 2.45) is 40.4 Å². The van der Waals surface area contributed by atoms with E-state index in [1.807, 2.05) is 0 Å². The van der Waals surface area contributed by atoms with Crippen molar-refractivity contribution < 1.29 is 14.7 Å². The first-order valence-electron chi connectivity index (χ1n) is 10.0. The molecule has 4 saturated carbocycles. The fourth-order valence-electron chi connectivity index (χ4n) is 7.90. The van der Waals surface area contributed by atoms with E-state index in [-0.39, 0.29) is 27.7 Å². The number of rotatable bonds is 1. The van der Waals surface area contributed by atoms with Crippen LogP contribution in [0.5, 0.6) is 0 Å². The molecule has 0 aliphatic heterocycles. The molecule has 4 aliphatic carbocycles. The maximum absolute atomic E-state index is 12.6. The van der Waals surface area contributed by atoms with E-state index in [2.05, 4.69) is 36.7 Å². The van der Waals surface area contributed by atoms with Crippen LogP contribution in [0.1, 0.15) is 65.7 Å². The molecular formula is C21H31BrO3. The number of ketones is 2. The van der Waals surface area contributed by atoms with Crippen molar-refractivity contribution in [3.05, 3.63) is 0 Å². The molecule has 0 aromatic rings. The summed E-state index contributed by atoms with van der Waals surface area (Å²) < 4.78 is -0.277. The molecule has 0 amide bonds. The zero-order valence-electron chi connectivity index (χ0n) is 15.7. The van der Waals surface area contributed by atoms with Gasteiger partial charge in [-0.2, -0.15) is 0 Å². The van der Waals surface area contributed by atoms with Crippen LogP contribution in [0.3, 0.4) is 0 Å². The monoisotopic (exact) mass is 410 g/mol. The minimum Gasteiger partial charge on any atom is -0.396 e. The summed E-state index contributed by atoms with van der Waals surface area (Å²) in [6, 6.07) is 0. The summed E-state index contributed by atoms with van der Waals surface area (Å²) >= 11 is 4.02. The van der Waals surface area contributed by atoms with Gasteiger partial charge in [0.15, 0.2) is 0 Å². The van der Waals surface area contributed by atoms with Gasteiger partial charge in [0.1, 0.15) is 11.6 Å². The van der Waals surface area contributed by atoms with Gasteiger partial charge in [-0.3, -0.25) is 9.59 Å². The number of halogens is 1. The van der Waals surface area contributed by atoms with Crippen molar-refractivity contribution in [1.29, 1.82) is 0 Å². The molecule has 140 valence electrons. The molecule has 0 aromatic heterocycles. The highest BCUT2D eigenvalue weighted by Crippen LogP contribution is 2.70. The number of hydrogen-bond acceptors (Lipinski definition) is 3. The van der Waals surface area contributed by atoms with Crippen molar-refractivity contribution in [3.8, 4) is 0 Å². The lowest BCUT2D eigenvalue weighted by Crippen LogP contribution is -2.67. The van der Waals surface area contributed by atoms with Gasteiger partial charge in [0.25, 0.3) is 0 Å². The van der Waals surface area contributed by atoms with Crippen LogP contribution >= 0.6 is 15.9 Å². The van der Waals surface area contributed by atoms with Gasteiger partial charge in [-0.25, -0.2) is 0 Å². The van der Waals surface area contributed by atoms with Gasteiger partial charge in [0.2, 0.25) is 0 Å². The molecule has 0 saturated heterocycles. The molecule has 1 N–H and O–H groups in total. The average molecular weight is 411 g/mol. The van der Waals surface area contributed by atoms with E-state index in [0.717, 1.165) is 32.1 Å². The van der Waals surface area contributed by atoms with Gasteiger partial charge in [0, 0.05) is 34.4 Å². The van der Waals surface area contributed by atoms with E-state index in [1.54, 1.807) is 0 Å². The zero-order valence-corrected chi connectivity index (χ0v) is 17.3. The van der Waals surface area contributed by atoms with Gasteiger partial charge in [-0.1, -0.05) is 36.7 Å². The average Bonchev–Trinajstić information content (AvgIpc) is 2.82. The largest absolute Gasteiger partial charge is 0.396 e. The van der Waals surface area contributed by atoms with Crippen LogP contribution in [-0.2, 0) is 9.59 Å². The van der Waals surface area contributed by atoms with Gasteiger partial charge in [0.05, 0.1) is 6.61 Å². The van der Waals surface area contributed by atoms with E-state index in [9.17, 15) is 14.7 Å². The molecule has 3 nitrogen and oxygen atoms in total. The van der Waals surface area contributed by atoms with E-state index >= 15 is 0 Å². The number of aliphatic hydroxyl groups excluding tert-OH is 1. The highest BCUT2D eigenvalue weighted by molar-refractivity contribution is 9.10. The smallest absolute Gasteiger partial charge is 0.139 e. The fourth-order valence-corrected chi connectivity index (χ4v) is 9.53. The standard InChI is InChI=1S/C21H31BrO3/c1-12-9-20(22)10-14(24)8-13(2)21(20,11-23)16-6-7-19(3)15(18(12)16)4-5-17(19)25/h12-13,15-16,18,23H,4-11H2,1-3H3/t12-,13-,15+,16+,18+,19+,20-,21-/m1/s1. The van der Waals surface area contributed by atoms with Crippen LogP contribution in [0.4, 0.5) is 0 Å². The molecule has 4 fully saturated rings. The first-order valence-corrected chi connectivity index (χ1v) is 10.8. The highest BCUT2D eigenvalue weighted by atomic mass is 79.9. The molecule has 8 atom stereocenters. The number of hydrogen-bond donors (Lipinski definition) is 1. The van der Waals surface area contributed by atoms with E-state index < -0.39 is 0 Å². The Labute approximate surface area is 159 Å². The second kappa shape index (κ2) is 5.64. The lowest BCUT2D eigenvalue weighted by molar-refractivity contribution is -0.170. The minimum absolute atomic E-state index is 0.147. The van der Waals surface area contributed by atoms with Crippen LogP contribution in [0.2, 0.25) is 0 Å². The molecule has 4 aliphatic rings. The zero-order chi connectivity index (χ0) is 18.2. The normalized spacial score (nSPS) is 55.5. The summed E-state index contributed by atoms with van der Waals surface area (Å²) in [6.07, 6.45) is 5.79.